The molecular weight excluding hydrogens is 280 g/mol. The lowest BCUT2D eigenvalue weighted by atomic mass is 10.2. The molecule has 0 bridgehead atoms. The van der Waals surface area contributed by atoms with Crippen LogP contribution in [0.3, 0.4) is 0 Å². The van der Waals surface area contributed by atoms with E-state index in [1.165, 1.54) is 14.6 Å². The van der Waals surface area contributed by atoms with Gasteiger partial charge in [0.25, 0.3) is 0 Å². The van der Waals surface area contributed by atoms with Gasteiger partial charge in [-0.25, -0.2) is 0 Å². The Kier molecular flexibility index (Phi) is 6.40. The summed E-state index contributed by atoms with van der Waals surface area (Å²) >= 11 is 9.28. The molecule has 100 valence electrons. The standard InChI is InChI=1S/C8H12S.C7H9ClS/c1-6(2)8-5-4-7(3)9-8;1-5(2)6-3-4-7(8)9-6/h4-6H,1-3H3;3-5H,1-2H3. The average molecular weight is 301 g/mol. The van der Waals surface area contributed by atoms with E-state index in [-0.39, 0.29) is 0 Å². The minimum atomic E-state index is 0.613. The second-order valence-corrected chi connectivity index (χ2v) is 7.97. The third-order valence-electron chi connectivity index (χ3n) is 2.49. The van der Waals surface area contributed by atoms with Crippen LogP contribution in [0.2, 0.25) is 4.34 Å². The van der Waals surface area contributed by atoms with Gasteiger partial charge in [-0.3, -0.25) is 0 Å². The molecule has 0 aliphatic carbocycles. The van der Waals surface area contributed by atoms with Crippen molar-refractivity contribution < 1.29 is 0 Å². The summed E-state index contributed by atoms with van der Waals surface area (Å²) in [6, 6.07) is 8.42. The molecule has 0 spiro atoms. The Balaban J connectivity index is 0.000000180. The molecule has 0 radical (unpaired) electrons. The molecule has 2 aromatic heterocycles. The van der Waals surface area contributed by atoms with Crippen LogP contribution < -0.4 is 0 Å². The van der Waals surface area contributed by atoms with E-state index < -0.39 is 0 Å². The van der Waals surface area contributed by atoms with Crippen molar-refractivity contribution in [2.75, 3.05) is 0 Å². The first-order valence-electron chi connectivity index (χ1n) is 6.21. The van der Waals surface area contributed by atoms with Crippen LogP contribution in [-0.4, -0.2) is 0 Å². The molecule has 0 atom stereocenters. The Labute approximate surface area is 124 Å². The lowest BCUT2D eigenvalue weighted by molar-refractivity contribution is 0.890. The highest BCUT2D eigenvalue weighted by molar-refractivity contribution is 7.16. The maximum Gasteiger partial charge on any atom is 0.0931 e. The lowest BCUT2D eigenvalue weighted by Gasteiger charge is -1.96. The van der Waals surface area contributed by atoms with Gasteiger partial charge in [0.1, 0.15) is 0 Å². The lowest BCUT2D eigenvalue weighted by Crippen LogP contribution is -1.77. The van der Waals surface area contributed by atoms with Crippen molar-refractivity contribution >= 4 is 34.3 Å². The highest BCUT2D eigenvalue weighted by Crippen LogP contribution is 2.27. The predicted octanol–water partition coefficient (Wildman–Crippen LogP) is 6.70. The predicted molar refractivity (Wildman–Crippen MR) is 86.6 cm³/mol. The number of hydrogen-bond donors (Lipinski definition) is 0. The minimum absolute atomic E-state index is 0.613. The SMILES string of the molecule is CC(C)c1ccc(Cl)s1.Cc1ccc(C(C)C)s1. The van der Waals surface area contributed by atoms with E-state index in [0.29, 0.717) is 11.8 Å². The molecule has 0 saturated heterocycles. The summed E-state index contributed by atoms with van der Waals surface area (Å²) in [5.74, 6) is 1.31. The molecule has 0 amide bonds. The maximum atomic E-state index is 5.72. The molecule has 0 aliphatic heterocycles. The zero-order chi connectivity index (χ0) is 13.7. The summed E-state index contributed by atoms with van der Waals surface area (Å²) in [6.07, 6.45) is 0. The first kappa shape index (κ1) is 15.7. The highest BCUT2D eigenvalue weighted by atomic mass is 35.5. The summed E-state index contributed by atoms with van der Waals surface area (Å²) in [5.41, 5.74) is 0. The quantitative estimate of drug-likeness (QED) is 0.578. The molecule has 3 heteroatoms. The van der Waals surface area contributed by atoms with E-state index in [2.05, 4.69) is 52.8 Å². The fourth-order valence-electron chi connectivity index (χ4n) is 1.40. The van der Waals surface area contributed by atoms with Gasteiger partial charge in [0, 0.05) is 14.6 Å². The average Bonchev–Trinajstić information content (AvgIpc) is 2.88. The molecule has 0 unspecified atom stereocenters. The molecule has 2 rings (SSSR count). The van der Waals surface area contributed by atoms with Crippen LogP contribution >= 0.6 is 34.3 Å². The largest absolute Gasteiger partial charge is 0.145 e. The molecule has 0 aliphatic rings. The van der Waals surface area contributed by atoms with Gasteiger partial charge in [0.15, 0.2) is 0 Å². The van der Waals surface area contributed by atoms with E-state index in [1.807, 2.05) is 17.4 Å². The number of rotatable bonds is 2. The monoisotopic (exact) mass is 300 g/mol. The number of aryl methyl sites for hydroxylation is 1. The second-order valence-electron chi connectivity index (χ2n) is 4.90. The number of hydrogen-bond acceptors (Lipinski definition) is 2. The molecule has 2 aromatic rings. The van der Waals surface area contributed by atoms with E-state index >= 15 is 0 Å². The van der Waals surface area contributed by atoms with Crippen LogP contribution in [0.1, 0.15) is 54.2 Å². The van der Waals surface area contributed by atoms with Gasteiger partial charge in [-0.2, -0.15) is 0 Å². The van der Waals surface area contributed by atoms with Crippen molar-refractivity contribution in [1.82, 2.24) is 0 Å². The van der Waals surface area contributed by atoms with Crippen molar-refractivity contribution in [3.05, 3.63) is 43.2 Å². The maximum absolute atomic E-state index is 5.72. The third-order valence-corrected chi connectivity index (χ3v) is 5.33. The third kappa shape index (κ3) is 5.13. The van der Waals surface area contributed by atoms with E-state index in [0.717, 1.165) is 4.34 Å². The van der Waals surface area contributed by atoms with E-state index in [9.17, 15) is 0 Å². The van der Waals surface area contributed by atoms with E-state index in [4.69, 9.17) is 11.6 Å². The zero-order valence-electron chi connectivity index (χ0n) is 11.7. The first-order chi connectivity index (χ1) is 8.40. The molecule has 18 heavy (non-hydrogen) atoms. The fraction of sp³-hybridized carbons (Fsp3) is 0.467. The Morgan fingerprint density at radius 1 is 0.833 bits per heavy atom. The number of thiophene rings is 2. The van der Waals surface area contributed by atoms with Gasteiger partial charge < -0.3 is 0 Å². The van der Waals surface area contributed by atoms with Gasteiger partial charge in [-0.1, -0.05) is 39.3 Å². The topological polar surface area (TPSA) is 0 Å². The van der Waals surface area contributed by atoms with E-state index in [1.54, 1.807) is 11.3 Å². The molecule has 0 N–H and O–H groups in total. The second kappa shape index (κ2) is 7.32. The van der Waals surface area contributed by atoms with Crippen molar-refractivity contribution in [2.45, 2.75) is 46.5 Å². The van der Waals surface area contributed by atoms with Gasteiger partial charge in [-0.15, -0.1) is 22.7 Å². The van der Waals surface area contributed by atoms with Crippen LogP contribution in [0, 0.1) is 6.92 Å². The summed E-state index contributed by atoms with van der Waals surface area (Å²) in [4.78, 5) is 4.27. The highest BCUT2D eigenvalue weighted by Gasteiger charge is 2.00. The van der Waals surface area contributed by atoms with Crippen LogP contribution in [0.15, 0.2) is 24.3 Å². The molecule has 0 saturated carbocycles. The van der Waals surface area contributed by atoms with Crippen LogP contribution in [-0.2, 0) is 0 Å². The summed E-state index contributed by atoms with van der Waals surface area (Å²) in [6.45, 7) is 10.9. The van der Waals surface area contributed by atoms with Crippen molar-refractivity contribution in [3.63, 3.8) is 0 Å². The summed E-state index contributed by atoms with van der Waals surface area (Å²) in [5, 5.41) is 0. The molecule has 0 nitrogen and oxygen atoms in total. The Hall–Kier alpha value is -0.310. The minimum Gasteiger partial charge on any atom is -0.145 e. The summed E-state index contributed by atoms with van der Waals surface area (Å²) < 4.78 is 0.888. The summed E-state index contributed by atoms with van der Waals surface area (Å²) in [7, 11) is 0. The number of halogens is 1. The van der Waals surface area contributed by atoms with Crippen LogP contribution in [0.5, 0.6) is 0 Å². The van der Waals surface area contributed by atoms with Crippen molar-refractivity contribution in [3.8, 4) is 0 Å². The first-order valence-corrected chi connectivity index (χ1v) is 8.22. The molecular formula is C15H21ClS2. The van der Waals surface area contributed by atoms with Gasteiger partial charge in [-0.05, 0) is 43.0 Å². The molecule has 2 heterocycles. The van der Waals surface area contributed by atoms with Gasteiger partial charge in [0.2, 0.25) is 0 Å². The van der Waals surface area contributed by atoms with Crippen molar-refractivity contribution in [2.24, 2.45) is 0 Å². The van der Waals surface area contributed by atoms with Crippen LogP contribution in [0.25, 0.3) is 0 Å². The Bertz CT molecular complexity index is 422. The molecule has 0 fully saturated rings. The van der Waals surface area contributed by atoms with Crippen LogP contribution in [0.4, 0.5) is 0 Å². The fourth-order valence-corrected chi connectivity index (χ4v) is 3.35. The van der Waals surface area contributed by atoms with Gasteiger partial charge in [0.05, 0.1) is 4.34 Å². The zero-order valence-corrected chi connectivity index (χ0v) is 14.0. The Morgan fingerprint density at radius 3 is 1.56 bits per heavy atom. The van der Waals surface area contributed by atoms with Crippen molar-refractivity contribution in [1.29, 1.82) is 0 Å². The molecule has 0 aromatic carbocycles. The Morgan fingerprint density at radius 2 is 1.33 bits per heavy atom. The van der Waals surface area contributed by atoms with Gasteiger partial charge >= 0.3 is 0 Å². The normalized spacial score (nSPS) is 10.7. The smallest absolute Gasteiger partial charge is 0.0931 e.